The molecule has 1 atom stereocenters. The lowest BCUT2D eigenvalue weighted by Crippen LogP contribution is -2.50. The first-order valence-corrected chi connectivity index (χ1v) is 9.53. The number of nitrogens with zero attached hydrogens (tertiary/aromatic N) is 1. The Morgan fingerprint density at radius 2 is 2.23 bits per heavy atom. The second kappa shape index (κ2) is 8.80. The molecule has 1 saturated heterocycles. The van der Waals surface area contributed by atoms with E-state index in [0.29, 0.717) is 24.6 Å². The van der Waals surface area contributed by atoms with Crippen LogP contribution < -0.4 is 10.1 Å². The molecule has 138 valence electrons. The van der Waals surface area contributed by atoms with Crippen molar-refractivity contribution in [3.8, 4) is 5.75 Å². The third-order valence-corrected chi connectivity index (χ3v) is 5.21. The second-order valence-corrected chi connectivity index (χ2v) is 7.15. The number of rotatable bonds is 6. The van der Waals surface area contributed by atoms with Gasteiger partial charge in [-0.15, -0.1) is 11.8 Å². The number of carbonyl (C=O) groups is 2. The van der Waals surface area contributed by atoms with Crippen molar-refractivity contribution in [1.82, 2.24) is 10.2 Å². The van der Waals surface area contributed by atoms with Gasteiger partial charge >= 0.3 is 0 Å². The van der Waals surface area contributed by atoms with Gasteiger partial charge in [-0.2, -0.15) is 0 Å². The molecule has 2 amide bonds. The molecule has 1 N–H and O–H groups in total. The van der Waals surface area contributed by atoms with Crippen LogP contribution in [0.4, 0.5) is 0 Å². The van der Waals surface area contributed by atoms with Crippen LogP contribution in [0.1, 0.15) is 23.4 Å². The first-order chi connectivity index (χ1) is 12.7. The highest BCUT2D eigenvalue weighted by Gasteiger charge is 2.26. The fraction of sp³-hybridized carbons (Fsp3) is 0.368. The first kappa shape index (κ1) is 18.4. The fourth-order valence-corrected chi connectivity index (χ4v) is 3.70. The van der Waals surface area contributed by atoms with Gasteiger partial charge in [0.25, 0.3) is 5.91 Å². The zero-order chi connectivity index (χ0) is 18.4. The van der Waals surface area contributed by atoms with Gasteiger partial charge in [-0.3, -0.25) is 9.59 Å². The number of amides is 2. The summed E-state index contributed by atoms with van der Waals surface area (Å²) in [6.07, 6.45) is 3.23. The summed E-state index contributed by atoms with van der Waals surface area (Å²) in [5, 5.41) is 3.03. The maximum absolute atomic E-state index is 12.4. The second-order valence-electron chi connectivity index (χ2n) is 6.10. The molecular formula is C19H22N2O4S. The van der Waals surface area contributed by atoms with Crippen LogP contribution in [0.2, 0.25) is 0 Å². The number of ether oxygens (including phenoxy) is 1. The minimum absolute atomic E-state index is 0.0268. The van der Waals surface area contributed by atoms with Crippen molar-refractivity contribution >= 4 is 23.6 Å². The molecule has 1 aromatic heterocycles. The molecule has 26 heavy (non-hydrogen) atoms. The molecule has 1 aliphatic heterocycles. The lowest BCUT2D eigenvalue weighted by atomic mass is 10.1. The zero-order valence-corrected chi connectivity index (χ0v) is 15.5. The van der Waals surface area contributed by atoms with E-state index in [2.05, 4.69) is 5.32 Å². The molecule has 6 nitrogen and oxygen atoms in total. The number of hydrogen-bond acceptors (Lipinski definition) is 5. The smallest absolute Gasteiger partial charge is 0.289 e. The number of hydrogen-bond donors (Lipinski definition) is 1. The van der Waals surface area contributed by atoms with Gasteiger partial charge in [-0.25, -0.2) is 0 Å². The number of methoxy groups -OCH3 is 1. The van der Waals surface area contributed by atoms with Crippen LogP contribution in [0.5, 0.6) is 5.75 Å². The molecule has 0 radical (unpaired) electrons. The molecule has 2 heterocycles. The largest absolute Gasteiger partial charge is 0.497 e. The van der Waals surface area contributed by atoms with Crippen LogP contribution >= 0.6 is 11.8 Å². The van der Waals surface area contributed by atoms with Crippen LogP contribution in [0.25, 0.3) is 0 Å². The number of piperidine rings is 1. The SMILES string of the molecule is COc1cccc(SCC(=O)NC2CCCN(C(=O)c3ccco3)C2)c1. The molecular weight excluding hydrogens is 352 g/mol. The molecule has 1 unspecified atom stereocenters. The molecule has 0 bridgehead atoms. The summed E-state index contributed by atoms with van der Waals surface area (Å²) in [5.74, 6) is 1.28. The molecule has 3 rings (SSSR count). The van der Waals surface area contributed by atoms with Gasteiger partial charge < -0.3 is 19.4 Å². The molecule has 1 fully saturated rings. The van der Waals surface area contributed by atoms with Crippen molar-refractivity contribution in [2.24, 2.45) is 0 Å². The van der Waals surface area contributed by atoms with Crippen LogP contribution in [-0.2, 0) is 4.79 Å². The van der Waals surface area contributed by atoms with Gasteiger partial charge in [0, 0.05) is 24.0 Å². The minimum Gasteiger partial charge on any atom is -0.497 e. The predicted octanol–water partition coefficient (Wildman–Crippen LogP) is 2.80. The Labute approximate surface area is 156 Å². The van der Waals surface area contributed by atoms with E-state index in [1.807, 2.05) is 24.3 Å². The molecule has 7 heteroatoms. The van der Waals surface area contributed by atoms with E-state index in [1.165, 1.54) is 18.0 Å². The maximum atomic E-state index is 12.4. The van der Waals surface area contributed by atoms with Crippen molar-refractivity contribution in [1.29, 1.82) is 0 Å². The third-order valence-electron chi connectivity index (χ3n) is 4.22. The molecule has 0 saturated carbocycles. The van der Waals surface area contributed by atoms with Gasteiger partial charge in [0.15, 0.2) is 5.76 Å². The fourth-order valence-electron chi connectivity index (χ4n) is 2.94. The van der Waals surface area contributed by atoms with E-state index in [1.54, 1.807) is 24.1 Å². The van der Waals surface area contributed by atoms with Gasteiger partial charge in [-0.1, -0.05) is 6.07 Å². The first-order valence-electron chi connectivity index (χ1n) is 8.54. The third kappa shape index (κ3) is 4.82. The topological polar surface area (TPSA) is 71.8 Å². The lowest BCUT2D eigenvalue weighted by Gasteiger charge is -2.32. The summed E-state index contributed by atoms with van der Waals surface area (Å²) >= 11 is 1.46. The molecule has 1 aliphatic rings. The van der Waals surface area contributed by atoms with Gasteiger partial charge in [0.1, 0.15) is 5.75 Å². The zero-order valence-electron chi connectivity index (χ0n) is 14.6. The molecule has 2 aromatic rings. The lowest BCUT2D eigenvalue weighted by molar-refractivity contribution is -0.119. The number of furan rings is 1. The van der Waals surface area contributed by atoms with E-state index in [9.17, 15) is 9.59 Å². The minimum atomic E-state index is -0.125. The van der Waals surface area contributed by atoms with Crippen LogP contribution in [0, 0.1) is 0 Å². The highest BCUT2D eigenvalue weighted by molar-refractivity contribution is 8.00. The van der Waals surface area contributed by atoms with Crippen molar-refractivity contribution in [3.63, 3.8) is 0 Å². The average molecular weight is 374 g/mol. The highest BCUT2D eigenvalue weighted by Crippen LogP contribution is 2.22. The van der Waals surface area contributed by atoms with E-state index < -0.39 is 0 Å². The average Bonchev–Trinajstić information content (AvgIpc) is 3.21. The van der Waals surface area contributed by atoms with E-state index in [4.69, 9.17) is 9.15 Å². The summed E-state index contributed by atoms with van der Waals surface area (Å²) < 4.78 is 10.4. The standard InChI is InChI=1S/C19H22N2O4S/c1-24-15-6-2-7-16(11-15)26-13-18(22)20-14-5-3-9-21(12-14)19(23)17-8-4-10-25-17/h2,4,6-8,10-11,14H,3,5,9,12-13H2,1H3,(H,20,22). The number of carbonyl (C=O) groups excluding carboxylic acids is 2. The van der Waals surface area contributed by atoms with Crippen molar-refractivity contribution in [3.05, 3.63) is 48.4 Å². The quantitative estimate of drug-likeness (QED) is 0.787. The van der Waals surface area contributed by atoms with Crippen molar-refractivity contribution < 1.29 is 18.7 Å². The molecule has 1 aromatic carbocycles. The van der Waals surface area contributed by atoms with Crippen LogP contribution in [0.15, 0.2) is 52.0 Å². The summed E-state index contributed by atoms with van der Waals surface area (Å²) in [6.45, 7) is 1.19. The van der Waals surface area contributed by atoms with Crippen LogP contribution in [-0.4, -0.2) is 48.7 Å². The number of nitrogens with one attached hydrogen (secondary N) is 1. The Bertz CT molecular complexity index is 748. The number of benzene rings is 1. The van der Waals surface area contributed by atoms with Gasteiger partial charge in [0.05, 0.1) is 19.1 Å². The van der Waals surface area contributed by atoms with Gasteiger partial charge in [0.2, 0.25) is 5.91 Å². The monoisotopic (exact) mass is 374 g/mol. The Morgan fingerprint density at radius 3 is 3.00 bits per heavy atom. The Morgan fingerprint density at radius 1 is 1.35 bits per heavy atom. The Kier molecular flexibility index (Phi) is 6.22. The summed E-state index contributed by atoms with van der Waals surface area (Å²) in [5.41, 5.74) is 0. The predicted molar refractivity (Wildman–Crippen MR) is 99.5 cm³/mol. The highest BCUT2D eigenvalue weighted by atomic mass is 32.2. The van der Waals surface area contributed by atoms with Crippen molar-refractivity contribution in [2.75, 3.05) is 26.0 Å². The van der Waals surface area contributed by atoms with E-state index in [0.717, 1.165) is 23.5 Å². The maximum Gasteiger partial charge on any atom is 0.289 e. The van der Waals surface area contributed by atoms with Gasteiger partial charge in [-0.05, 0) is 43.2 Å². The molecule has 0 spiro atoms. The van der Waals surface area contributed by atoms with E-state index >= 15 is 0 Å². The normalized spacial score (nSPS) is 17.0. The molecule has 0 aliphatic carbocycles. The number of likely N-dealkylation sites (tertiary alicyclic amines) is 1. The Hall–Kier alpha value is -2.41. The van der Waals surface area contributed by atoms with E-state index in [-0.39, 0.29) is 17.9 Å². The summed E-state index contributed by atoms with van der Waals surface area (Å²) in [6, 6.07) is 11.0. The summed E-state index contributed by atoms with van der Waals surface area (Å²) in [7, 11) is 1.62. The summed E-state index contributed by atoms with van der Waals surface area (Å²) in [4.78, 5) is 27.3. The van der Waals surface area contributed by atoms with Crippen molar-refractivity contribution in [2.45, 2.75) is 23.8 Å². The van der Waals surface area contributed by atoms with Crippen LogP contribution in [0.3, 0.4) is 0 Å². The number of thioether (sulfide) groups is 1. The Balaban J connectivity index is 1.48.